The van der Waals surface area contributed by atoms with Gasteiger partial charge < -0.3 is 4.74 Å². The van der Waals surface area contributed by atoms with E-state index in [1.54, 1.807) is 13.0 Å². The second kappa shape index (κ2) is 6.37. The fourth-order valence-electron chi connectivity index (χ4n) is 2.16. The average Bonchev–Trinajstić information content (AvgIpc) is 2.95. The lowest BCUT2D eigenvalue weighted by molar-refractivity contribution is 0.296. The van der Waals surface area contributed by atoms with Crippen LogP contribution in [0.5, 0.6) is 6.01 Å². The van der Waals surface area contributed by atoms with Crippen molar-refractivity contribution < 1.29 is 17.5 Å². The highest BCUT2D eigenvalue weighted by Gasteiger charge is 2.26. The zero-order valence-corrected chi connectivity index (χ0v) is 14.9. The number of sulfonamides is 1. The summed E-state index contributed by atoms with van der Waals surface area (Å²) in [6, 6.07) is 4.27. The molecular weight excluding hydrogens is 396 g/mol. The van der Waals surface area contributed by atoms with Crippen molar-refractivity contribution in [2.45, 2.75) is 12.1 Å². The Kier molecular flexibility index (Phi) is 4.54. The highest BCUT2D eigenvalue weighted by atomic mass is 35.5. The second-order valence-corrected chi connectivity index (χ2v) is 7.03. The number of fused-ring (bicyclic) bond motifs is 1. The van der Waals surface area contributed by atoms with Gasteiger partial charge in [-0.2, -0.15) is 18.9 Å². The summed E-state index contributed by atoms with van der Waals surface area (Å²) >= 11 is 12.2. The molecule has 1 aromatic carbocycles. The van der Waals surface area contributed by atoms with E-state index in [0.29, 0.717) is 0 Å². The minimum atomic E-state index is -4.24. The number of halogens is 3. The van der Waals surface area contributed by atoms with Gasteiger partial charge in [0.15, 0.2) is 5.65 Å². The van der Waals surface area contributed by atoms with Crippen LogP contribution in [-0.4, -0.2) is 34.6 Å². The molecule has 0 fully saturated rings. The minimum Gasteiger partial charge on any atom is -0.464 e. The van der Waals surface area contributed by atoms with Crippen LogP contribution in [0, 0.1) is 5.95 Å². The first-order valence-corrected chi connectivity index (χ1v) is 9.10. The fraction of sp³-hybridized carbons (Fsp3) is 0.154. The molecule has 132 valence electrons. The van der Waals surface area contributed by atoms with E-state index in [9.17, 15) is 12.8 Å². The number of nitrogens with zero attached hydrogens (tertiary/aromatic N) is 4. The zero-order chi connectivity index (χ0) is 18.4. The molecule has 0 amide bonds. The van der Waals surface area contributed by atoms with Gasteiger partial charge in [0.25, 0.3) is 15.2 Å². The van der Waals surface area contributed by atoms with Crippen molar-refractivity contribution in [1.29, 1.82) is 0 Å². The molecular formula is C13H10Cl2FN5O3S. The molecule has 0 saturated heterocycles. The molecule has 0 aliphatic rings. The number of nitrogens with two attached hydrogens (primary N) is 1. The summed E-state index contributed by atoms with van der Waals surface area (Å²) in [5.41, 5.74) is -0.325. The Bertz CT molecular complexity index is 1070. The van der Waals surface area contributed by atoms with Gasteiger partial charge in [-0.25, -0.2) is 13.6 Å². The first kappa shape index (κ1) is 17.8. The Morgan fingerprint density at radius 3 is 2.44 bits per heavy atom. The fourth-order valence-corrected chi connectivity index (χ4v) is 3.16. The molecule has 2 heterocycles. The van der Waals surface area contributed by atoms with Crippen LogP contribution >= 0.6 is 23.2 Å². The lowest BCUT2D eigenvalue weighted by Gasteiger charge is -2.11. The predicted molar refractivity (Wildman–Crippen MR) is 88.7 cm³/mol. The lowest BCUT2D eigenvalue weighted by atomic mass is 10.1. The van der Waals surface area contributed by atoms with Crippen LogP contribution in [0.1, 0.15) is 6.92 Å². The summed E-state index contributed by atoms with van der Waals surface area (Å²) in [5.74, 6) is -1.00. The number of aromatic nitrogens is 4. The highest BCUT2D eigenvalue weighted by Crippen LogP contribution is 2.38. The SMILES string of the molecule is CCOc1nc(F)c(-c2c(Cl)cccc2Cl)c2nc(S(N)(=O)=O)nn12. The van der Waals surface area contributed by atoms with Crippen molar-refractivity contribution in [3.63, 3.8) is 0 Å². The van der Waals surface area contributed by atoms with E-state index in [4.69, 9.17) is 33.1 Å². The summed E-state index contributed by atoms with van der Waals surface area (Å²) in [6.07, 6.45) is 0. The van der Waals surface area contributed by atoms with Gasteiger partial charge in [-0.3, -0.25) is 0 Å². The molecule has 0 atom stereocenters. The van der Waals surface area contributed by atoms with Gasteiger partial charge in [0.1, 0.15) is 0 Å². The van der Waals surface area contributed by atoms with E-state index >= 15 is 0 Å². The van der Waals surface area contributed by atoms with Gasteiger partial charge in [-0.15, -0.1) is 5.10 Å². The molecule has 2 N–H and O–H groups in total. The molecule has 0 spiro atoms. The largest absolute Gasteiger partial charge is 0.464 e. The number of primary sulfonamides is 1. The molecule has 0 aliphatic heterocycles. The Labute approximate surface area is 151 Å². The van der Waals surface area contributed by atoms with E-state index in [1.165, 1.54) is 12.1 Å². The monoisotopic (exact) mass is 405 g/mol. The van der Waals surface area contributed by atoms with Crippen LogP contribution in [0.3, 0.4) is 0 Å². The van der Waals surface area contributed by atoms with Crippen LogP contribution in [0.4, 0.5) is 4.39 Å². The van der Waals surface area contributed by atoms with Crippen LogP contribution in [0.15, 0.2) is 23.4 Å². The van der Waals surface area contributed by atoms with Crippen LogP contribution in [-0.2, 0) is 10.0 Å². The number of ether oxygens (including phenoxy) is 1. The first-order chi connectivity index (χ1) is 11.7. The molecule has 12 heteroatoms. The Morgan fingerprint density at radius 1 is 1.24 bits per heavy atom. The maximum Gasteiger partial charge on any atom is 0.322 e. The predicted octanol–water partition coefficient (Wildman–Crippen LogP) is 2.28. The lowest BCUT2D eigenvalue weighted by Crippen LogP contribution is -2.14. The summed E-state index contributed by atoms with van der Waals surface area (Å²) in [7, 11) is -4.24. The summed E-state index contributed by atoms with van der Waals surface area (Å²) in [4.78, 5) is 7.47. The van der Waals surface area contributed by atoms with Crippen LogP contribution in [0.25, 0.3) is 16.8 Å². The van der Waals surface area contributed by atoms with Gasteiger partial charge in [-0.1, -0.05) is 29.3 Å². The van der Waals surface area contributed by atoms with Gasteiger partial charge in [-0.05, 0) is 19.1 Å². The first-order valence-electron chi connectivity index (χ1n) is 6.80. The molecule has 0 bridgehead atoms. The molecule has 3 aromatic rings. The van der Waals surface area contributed by atoms with Gasteiger partial charge >= 0.3 is 6.01 Å². The standard InChI is InChI=1S/C13H10Cl2FN5O3S/c1-2-24-13-18-10(16)9(8-6(14)4-3-5-7(8)15)11-19-12(20-21(11)13)25(17,22)23/h3-5H,2H2,1H3,(H2,17,22,23). The van der Waals surface area contributed by atoms with E-state index in [1.807, 2.05) is 0 Å². The second-order valence-electron chi connectivity index (χ2n) is 4.76. The molecule has 8 nitrogen and oxygen atoms in total. The number of hydrogen-bond donors (Lipinski definition) is 1. The van der Waals surface area contributed by atoms with Gasteiger partial charge in [0.2, 0.25) is 5.95 Å². The quantitative estimate of drug-likeness (QED) is 0.666. The maximum absolute atomic E-state index is 14.7. The van der Waals surface area contributed by atoms with E-state index < -0.39 is 21.1 Å². The number of hydrogen-bond acceptors (Lipinski definition) is 6. The molecule has 0 unspecified atom stereocenters. The molecule has 0 saturated carbocycles. The third kappa shape index (κ3) is 3.13. The smallest absolute Gasteiger partial charge is 0.322 e. The van der Waals surface area contributed by atoms with E-state index in [2.05, 4.69) is 15.1 Å². The topological polar surface area (TPSA) is 112 Å². The van der Waals surface area contributed by atoms with Gasteiger partial charge in [0.05, 0.1) is 22.2 Å². The van der Waals surface area contributed by atoms with E-state index in [-0.39, 0.29) is 39.4 Å². The Hall–Kier alpha value is -2.01. The van der Waals surface area contributed by atoms with Crippen molar-refractivity contribution in [1.82, 2.24) is 19.6 Å². The van der Waals surface area contributed by atoms with Crippen LogP contribution in [0.2, 0.25) is 10.0 Å². The third-order valence-electron chi connectivity index (χ3n) is 3.13. The number of benzene rings is 1. The third-order valence-corrected chi connectivity index (χ3v) is 4.45. The minimum absolute atomic E-state index is 0.0947. The summed E-state index contributed by atoms with van der Waals surface area (Å²) < 4.78 is 43.9. The van der Waals surface area contributed by atoms with Crippen molar-refractivity contribution in [2.24, 2.45) is 5.14 Å². The molecule has 25 heavy (non-hydrogen) atoms. The van der Waals surface area contributed by atoms with Gasteiger partial charge in [0, 0.05) is 5.56 Å². The molecule has 0 aliphatic carbocycles. The van der Waals surface area contributed by atoms with E-state index in [0.717, 1.165) is 4.52 Å². The maximum atomic E-state index is 14.7. The zero-order valence-electron chi connectivity index (χ0n) is 12.6. The molecule has 2 aromatic heterocycles. The van der Waals surface area contributed by atoms with Crippen molar-refractivity contribution >= 4 is 38.9 Å². The summed E-state index contributed by atoms with van der Waals surface area (Å²) in [5, 5.41) is 8.33. The average molecular weight is 406 g/mol. The highest BCUT2D eigenvalue weighted by molar-refractivity contribution is 7.89. The Balaban J connectivity index is 2.46. The van der Waals surface area contributed by atoms with Crippen molar-refractivity contribution in [3.8, 4) is 17.1 Å². The van der Waals surface area contributed by atoms with Crippen LogP contribution < -0.4 is 9.88 Å². The number of rotatable bonds is 4. The molecule has 0 radical (unpaired) electrons. The van der Waals surface area contributed by atoms with Crippen molar-refractivity contribution in [3.05, 3.63) is 34.2 Å². The normalized spacial score (nSPS) is 11.9. The van der Waals surface area contributed by atoms with Crippen molar-refractivity contribution in [2.75, 3.05) is 6.61 Å². The Morgan fingerprint density at radius 2 is 1.88 bits per heavy atom. The summed E-state index contributed by atoms with van der Waals surface area (Å²) in [6.45, 7) is 1.78. The molecule has 3 rings (SSSR count).